The molecule has 5 rings (SSSR count). The van der Waals surface area contributed by atoms with Crippen LogP contribution in [0.1, 0.15) is 51.4 Å². The number of aliphatic hydroxyl groups is 1. The SMILES string of the molecule is COC(=O)C1C(O)CCC2CN3CCC4C5CCCCC5NC4C3CC21. The van der Waals surface area contributed by atoms with Gasteiger partial charge in [-0.2, -0.15) is 0 Å². The maximum atomic E-state index is 12.4. The molecule has 5 nitrogen and oxygen atoms in total. The Labute approximate surface area is 156 Å². The van der Waals surface area contributed by atoms with Gasteiger partial charge in [0.05, 0.1) is 19.1 Å². The van der Waals surface area contributed by atoms with Crippen LogP contribution in [0.5, 0.6) is 0 Å². The van der Waals surface area contributed by atoms with E-state index < -0.39 is 6.10 Å². The summed E-state index contributed by atoms with van der Waals surface area (Å²) in [4.78, 5) is 15.1. The van der Waals surface area contributed by atoms with Gasteiger partial charge in [-0.3, -0.25) is 9.69 Å². The maximum absolute atomic E-state index is 12.4. The molecule has 9 unspecified atom stereocenters. The first-order chi connectivity index (χ1) is 12.7. The molecule has 2 N–H and O–H groups in total. The largest absolute Gasteiger partial charge is 0.469 e. The highest BCUT2D eigenvalue weighted by atomic mass is 16.5. The summed E-state index contributed by atoms with van der Waals surface area (Å²) in [6, 6.07) is 1.86. The van der Waals surface area contributed by atoms with Crippen molar-refractivity contribution in [1.29, 1.82) is 0 Å². The summed E-state index contributed by atoms with van der Waals surface area (Å²) in [7, 11) is 1.47. The van der Waals surface area contributed by atoms with Crippen LogP contribution >= 0.6 is 0 Å². The van der Waals surface area contributed by atoms with Gasteiger partial charge in [0.25, 0.3) is 0 Å². The lowest BCUT2D eigenvalue weighted by molar-refractivity contribution is -0.161. The smallest absolute Gasteiger partial charge is 0.311 e. The van der Waals surface area contributed by atoms with Crippen LogP contribution in [0.2, 0.25) is 0 Å². The molecule has 9 atom stereocenters. The van der Waals surface area contributed by atoms with E-state index in [4.69, 9.17) is 4.74 Å². The number of carbonyl (C=O) groups is 1. The van der Waals surface area contributed by atoms with E-state index in [0.29, 0.717) is 18.0 Å². The molecule has 3 aliphatic heterocycles. The summed E-state index contributed by atoms with van der Waals surface area (Å²) in [5.41, 5.74) is 0. The molecule has 0 aromatic heterocycles. The van der Waals surface area contributed by atoms with Gasteiger partial charge in [-0.1, -0.05) is 12.8 Å². The third-order valence-electron chi connectivity index (χ3n) is 8.64. The predicted molar refractivity (Wildman–Crippen MR) is 98.5 cm³/mol. The minimum Gasteiger partial charge on any atom is -0.469 e. The monoisotopic (exact) mass is 362 g/mol. The van der Waals surface area contributed by atoms with E-state index in [1.165, 1.54) is 45.8 Å². The lowest BCUT2D eigenvalue weighted by Gasteiger charge is -2.54. The van der Waals surface area contributed by atoms with E-state index in [1.54, 1.807) is 0 Å². The summed E-state index contributed by atoms with van der Waals surface area (Å²) in [5.74, 6) is 2.02. The van der Waals surface area contributed by atoms with E-state index in [0.717, 1.165) is 43.7 Å². The van der Waals surface area contributed by atoms with E-state index in [-0.39, 0.29) is 17.8 Å². The number of aliphatic hydroxyl groups excluding tert-OH is 1. The third-order valence-corrected chi connectivity index (χ3v) is 8.64. The van der Waals surface area contributed by atoms with Crippen LogP contribution in [-0.4, -0.2) is 60.4 Å². The van der Waals surface area contributed by atoms with Crippen molar-refractivity contribution in [2.45, 2.75) is 75.6 Å². The van der Waals surface area contributed by atoms with Gasteiger partial charge in [0, 0.05) is 24.7 Å². The average Bonchev–Trinajstić information content (AvgIpc) is 3.05. The molecule has 5 heteroatoms. The number of esters is 1. The molecule has 0 radical (unpaired) electrons. The van der Waals surface area contributed by atoms with Gasteiger partial charge in [-0.15, -0.1) is 0 Å². The summed E-state index contributed by atoms with van der Waals surface area (Å²) >= 11 is 0. The predicted octanol–water partition coefficient (Wildman–Crippen LogP) is 1.79. The van der Waals surface area contributed by atoms with Crippen molar-refractivity contribution in [2.24, 2.45) is 29.6 Å². The number of fused-ring (bicyclic) bond motifs is 6. The molecular weight excluding hydrogens is 328 g/mol. The normalized spacial score (nSPS) is 50.9. The van der Waals surface area contributed by atoms with E-state index in [1.807, 2.05) is 0 Å². The lowest BCUT2D eigenvalue weighted by atomic mass is 9.63. The summed E-state index contributed by atoms with van der Waals surface area (Å²) < 4.78 is 5.08. The first-order valence-electron chi connectivity index (χ1n) is 10.9. The molecule has 2 aliphatic carbocycles. The summed E-state index contributed by atoms with van der Waals surface area (Å²) in [5, 5.41) is 14.6. The summed E-state index contributed by atoms with van der Waals surface area (Å²) in [6.07, 6.45) is 9.20. The van der Waals surface area contributed by atoms with Gasteiger partial charge in [0.2, 0.25) is 0 Å². The van der Waals surface area contributed by atoms with Crippen LogP contribution in [0.15, 0.2) is 0 Å². The Kier molecular flexibility index (Phi) is 4.53. The molecule has 0 aromatic carbocycles. The zero-order valence-electron chi connectivity index (χ0n) is 16.0. The van der Waals surface area contributed by atoms with Crippen molar-refractivity contribution in [1.82, 2.24) is 10.2 Å². The highest BCUT2D eigenvalue weighted by Gasteiger charge is 2.55. The van der Waals surface area contributed by atoms with Crippen LogP contribution in [0.3, 0.4) is 0 Å². The first-order valence-corrected chi connectivity index (χ1v) is 10.9. The third kappa shape index (κ3) is 2.65. The topological polar surface area (TPSA) is 61.8 Å². The number of nitrogens with one attached hydrogen (secondary N) is 1. The Hall–Kier alpha value is -0.650. The number of hydrogen-bond acceptors (Lipinski definition) is 5. The maximum Gasteiger partial charge on any atom is 0.311 e. The first kappa shape index (κ1) is 17.4. The van der Waals surface area contributed by atoms with Crippen LogP contribution in [-0.2, 0) is 9.53 Å². The molecule has 0 spiro atoms. The van der Waals surface area contributed by atoms with Crippen LogP contribution in [0, 0.1) is 29.6 Å². The lowest BCUT2D eigenvalue weighted by Crippen LogP contribution is -2.62. The Morgan fingerprint density at radius 1 is 1.08 bits per heavy atom. The van der Waals surface area contributed by atoms with E-state index in [2.05, 4.69) is 10.2 Å². The number of nitrogens with zero attached hydrogens (tertiary/aromatic N) is 1. The van der Waals surface area contributed by atoms with Gasteiger partial charge in [-0.25, -0.2) is 0 Å². The summed E-state index contributed by atoms with van der Waals surface area (Å²) in [6.45, 7) is 2.33. The zero-order valence-corrected chi connectivity index (χ0v) is 16.0. The molecule has 0 bridgehead atoms. The van der Waals surface area contributed by atoms with Crippen LogP contribution in [0.25, 0.3) is 0 Å². The van der Waals surface area contributed by atoms with Crippen LogP contribution < -0.4 is 5.32 Å². The Morgan fingerprint density at radius 2 is 1.92 bits per heavy atom. The fourth-order valence-electron chi connectivity index (χ4n) is 7.51. The average molecular weight is 363 g/mol. The van der Waals surface area contributed by atoms with Gasteiger partial charge in [0.1, 0.15) is 0 Å². The molecular formula is C21H34N2O3. The standard InChI is InChI=1S/C21H34N2O3/c1-26-21(25)19-15-10-17-20-14(13-4-2-3-5-16(13)22-20)8-9-23(17)11-12(15)6-7-18(19)24/h12-20,22,24H,2-11H2,1H3. The Bertz CT molecular complexity index is 555. The quantitative estimate of drug-likeness (QED) is 0.697. The van der Waals surface area contributed by atoms with Crippen molar-refractivity contribution in [3.05, 3.63) is 0 Å². The second-order valence-electron chi connectivity index (χ2n) is 9.62. The second-order valence-corrected chi connectivity index (χ2v) is 9.62. The second kappa shape index (κ2) is 6.75. The van der Waals surface area contributed by atoms with Gasteiger partial charge in [0.15, 0.2) is 0 Å². The highest BCUT2D eigenvalue weighted by Crippen LogP contribution is 2.49. The molecule has 2 saturated carbocycles. The molecule has 3 saturated heterocycles. The number of carbonyl (C=O) groups excluding carboxylic acids is 1. The minimum atomic E-state index is -0.520. The molecule has 3 heterocycles. The van der Waals surface area contributed by atoms with Crippen molar-refractivity contribution in [3.63, 3.8) is 0 Å². The molecule has 0 amide bonds. The fraction of sp³-hybridized carbons (Fsp3) is 0.952. The fourth-order valence-corrected chi connectivity index (χ4v) is 7.51. The van der Waals surface area contributed by atoms with Crippen molar-refractivity contribution in [3.8, 4) is 0 Å². The van der Waals surface area contributed by atoms with Gasteiger partial charge in [-0.05, 0) is 68.7 Å². The van der Waals surface area contributed by atoms with Crippen LogP contribution in [0.4, 0.5) is 0 Å². The van der Waals surface area contributed by atoms with Crippen molar-refractivity contribution in [2.75, 3.05) is 20.2 Å². The van der Waals surface area contributed by atoms with Crippen molar-refractivity contribution < 1.29 is 14.6 Å². The molecule has 26 heavy (non-hydrogen) atoms. The van der Waals surface area contributed by atoms with Crippen molar-refractivity contribution >= 4 is 5.97 Å². The number of piperidine rings is 2. The number of rotatable bonds is 1. The Balaban J connectivity index is 1.38. The van der Waals surface area contributed by atoms with E-state index in [9.17, 15) is 9.90 Å². The molecule has 146 valence electrons. The zero-order chi connectivity index (χ0) is 17.8. The number of methoxy groups -OCH3 is 1. The highest BCUT2D eigenvalue weighted by molar-refractivity contribution is 5.73. The number of ether oxygens (including phenoxy) is 1. The molecule has 5 fully saturated rings. The minimum absolute atomic E-state index is 0.193. The van der Waals surface area contributed by atoms with E-state index >= 15 is 0 Å². The van der Waals surface area contributed by atoms with Gasteiger partial charge < -0.3 is 15.2 Å². The Morgan fingerprint density at radius 3 is 2.77 bits per heavy atom. The molecule has 5 aliphatic rings. The number of hydrogen-bond donors (Lipinski definition) is 2. The van der Waals surface area contributed by atoms with Gasteiger partial charge >= 0.3 is 5.97 Å². The molecule has 0 aromatic rings.